The monoisotopic (exact) mass is 239 g/mol. The molecule has 1 unspecified atom stereocenters. The van der Waals surface area contributed by atoms with Crippen LogP contribution in [0.2, 0.25) is 0 Å². The maximum Gasteiger partial charge on any atom is 0.226 e. The van der Waals surface area contributed by atoms with Crippen molar-refractivity contribution in [2.24, 2.45) is 0 Å². The van der Waals surface area contributed by atoms with Gasteiger partial charge in [-0.2, -0.15) is 11.3 Å². The summed E-state index contributed by atoms with van der Waals surface area (Å²) in [7, 11) is -3.32. The summed E-state index contributed by atoms with van der Waals surface area (Å²) in [5, 5.41) is 3.41. The summed E-state index contributed by atoms with van der Waals surface area (Å²) in [6.07, 6.45) is 0. The number of alkyl halides is 1. The van der Waals surface area contributed by atoms with Crippen LogP contribution in [0.15, 0.2) is 16.8 Å². The highest BCUT2D eigenvalue weighted by atomic mass is 35.5. The SMILES string of the molecule is CC(NS(=O)(=O)CCl)c1ccsc1. The van der Waals surface area contributed by atoms with E-state index in [0.717, 1.165) is 5.56 Å². The van der Waals surface area contributed by atoms with Crippen LogP contribution >= 0.6 is 22.9 Å². The summed E-state index contributed by atoms with van der Waals surface area (Å²) in [5.41, 5.74) is 0.957. The second-order valence-electron chi connectivity index (χ2n) is 2.62. The van der Waals surface area contributed by atoms with Gasteiger partial charge < -0.3 is 0 Å². The molecule has 0 aromatic carbocycles. The van der Waals surface area contributed by atoms with Gasteiger partial charge in [-0.3, -0.25) is 0 Å². The fourth-order valence-electron chi connectivity index (χ4n) is 0.890. The number of sulfonamides is 1. The van der Waals surface area contributed by atoms with Gasteiger partial charge in [0.15, 0.2) is 0 Å². The van der Waals surface area contributed by atoms with E-state index in [-0.39, 0.29) is 6.04 Å². The highest BCUT2D eigenvalue weighted by Gasteiger charge is 2.14. The average molecular weight is 240 g/mol. The molecule has 0 saturated heterocycles. The second kappa shape index (κ2) is 4.41. The summed E-state index contributed by atoms with van der Waals surface area (Å²) >= 11 is 6.78. The van der Waals surface area contributed by atoms with E-state index in [1.807, 2.05) is 16.8 Å². The van der Waals surface area contributed by atoms with Gasteiger partial charge in [-0.25, -0.2) is 13.1 Å². The van der Waals surface area contributed by atoms with Crippen molar-refractivity contribution in [2.45, 2.75) is 13.0 Å². The molecular formula is C7H10ClNO2S2. The Balaban J connectivity index is 2.67. The van der Waals surface area contributed by atoms with Crippen molar-refractivity contribution >= 4 is 33.0 Å². The first-order valence-electron chi connectivity index (χ1n) is 3.63. The normalized spacial score (nSPS) is 14.3. The van der Waals surface area contributed by atoms with E-state index in [4.69, 9.17) is 11.6 Å². The standard InChI is InChI=1S/C7H10ClNO2S2/c1-6(7-2-3-12-4-7)9-13(10,11)5-8/h2-4,6,9H,5H2,1H3. The van der Waals surface area contributed by atoms with Gasteiger partial charge in [-0.1, -0.05) is 0 Å². The maximum absolute atomic E-state index is 11.1. The van der Waals surface area contributed by atoms with Gasteiger partial charge >= 0.3 is 0 Å². The smallest absolute Gasteiger partial charge is 0.211 e. The van der Waals surface area contributed by atoms with Gasteiger partial charge in [0, 0.05) is 6.04 Å². The number of rotatable bonds is 4. The van der Waals surface area contributed by atoms with Crippen molar-refractivity contribution in [1.82, 2.24) is 4.72 Å². The number of nitrogens with one attached hydrogen (secondary N) is 1. The molecule has 1 heterocycles. The molecule has 0 fully saturated rings. The molecule has 0 aliphatic heterocycles. The molecule has 1 aromatic rings. The molecule has 0 bridgehead atoms. The van der Waals surface area contributed by atoms with E-state index in [0.29, 0.717) is 0 Å². The summed E-state index contributed by atoms with van der Waals surface area (Å²) in [5.74, 6) is 0. The fourth-order valence-corrected chi connectivity index (χ4v) is 2.57. The minimum absolute atomic E-state index is 0.213. The summed E-state index contributed by atoms with van der Waals surface area (Å²) in [6.45, 7) is 1.78. The van der Waals surface area contributed by atoms with E-state index >= 15 is 0 Å². The molecule has 0 radical (unpaired) electrons. The van der Waals surface area contributed by atoms with Crippen molar-refractivity contribution in [1.29, 1.82) is 0 Å². The molecular weight excluding hydrogens is 230 g/mol. The van der Waals surface area contributed by atoms with Crippen LogP contribution in [0.1, 0.15) is 18.5 Å². The third-order valence-corrected chi connectivity index (χ3v) is 4.11. The fraction of sp³-hybridized carbons (Fsp3) is 0.429. The summed E-state index contributed by atoms with van der Waals surface area (Å²) < 4.78 is 24.6. The van der Waals surface area contributed by atoms with Gasteiger partial charge in [-0.05, 0) is 29.3 Å². The van der Waals surface area contributed by atoms with Crippen molar-refractivity contribution in [2.75, 3.05) is 5.21 Å². The van der Waals surface area contributed by atoms with Crippen LogP contribution in [0.3, 0.4) is 0 Å². The Morgan fingerprint density at radius 3 is 2.85 bits per heavy atom. The Labute approximate surface area is 86.8 Å². The zero-order valence-electron chi connectivity index (χ0n) is 7.03. The predicted molar refractivity (Wildman–Crippen MR) is 55.5 cm³/mol. The predicted octanol–water partition coefficient (Wildman–Crippen LogP) is 1.92. The Kier molecular flexibility index (Phi) is 3.73. The Bertz CT molecular complexity index is 347. The highest BCUT2D eigenvalue weighted by molar-refractivity contribution is 7.90. The molecule has 0 saturated carbocycles. The lowest BCUT2D eigenvalue weighted by atomic mass is 10.2. The van der Waals surface area contributed by atoms with Crippen LogP contribution in [0.5, 0.6) is 0 Å². The van der Waals surface area contributed by atoms with Crippen molar-refractivity contribution in [3.63, 3.8) is 0 Å². The van der Waals surface area contributed by atoms with Crippen LogP contribution in [-0.2, 0) is 10.0 Å². The van der Waals surface area contributed by atoms with E-state index in [9.17, 15) is 8.42 Å². The van der Waals surface area contributed by atoms with Crippen molar-refractivity contribution in [3.8, 4) is 0 Å². The van der Waals surface area contributed by atoms with Gasteiger partial charge in [-0.15, -0.1) is 11.6 Å². The van der Waals surface area contributed by atoms with Crippen LogP contribution in [0.25, 0.3) is 0 Å². The third-order valence-electron chi connectivity index (χ3n) is 1.54. The van der Waals surface area contributed by atoms with E-state index in [2.05, 4.69) is 4.72 Å². The summed E-state index contributed by atoms with van der Waals surface area (Å²) in [6, 6.07) is 1.67. The number of halogens is 1. The molecule has 0 aliphatic rings. The van der Waals surface area contributed by atoms with E-state index < -0.39 is 15.2 Å². The van der Waals surface area contributed by atoms with Crippen molar-refractivity contribution in [3.05, 3.63) is 22.4 Å². The topological polar surface area (TPSA) is 46.2 Å². The Morgan fingerprint density at radius 1 is 1.69 bits per heavy atom. The van der Waals surface area contributed by atoms with E-state index in [1.165, 1.54) is 11.3 Å². The van der Waals surface area contributed by atoms with Gasteiger partial charge in [0.05, 0.1) is 0 Å². The van der Waals surface area contributed by atoms with Gasteiger partial charge in [0.25, 0.3) is 0 Å². The third kappa shape index (κ3) is 3.27. The molecule has 13 heavy (non-hydrogen) atoms. The lowest BCUT2D eigenvalue weighted by molar-refractivity contribution is 0.572. The molecule has 0 amide bonds. The molecule has 6 heteroatoms. The summed E-state index contributed by atoms with van der Waals surface area (Å²) in [4.78, 5) is 0. The number of hydrogen-bond acceptors (Lipinski definition) is 3. The molecule has 1 aromatic heterocycles. The Hall–Kier alpha value is -0.100. The minimum atomic E-state index is -3.32. The quantitative estimate of drug-likeness (QED) is 0.817. The molecule has 3 nitrogen and oxygen atoms in total. The van der Waals surface area contributed by atoms with Crippen LogP contribution in [0.4, 0.5) is 0 Å². The van der Waals surface area contributed by atoms with Crippen molar-refractivity contribution < 1.29 is 8.42 Å². The first kappa shape index (κ1) is 11.0. The van der Waals surface area contributed by atoms with Gasteiger partial charge in [0.2, 0.25) is 10.0 Å². The molecule has 1 rings (SSSR count). The average Bonchev–Trinajstić information content (AvgIpc) is 2.55. The van der Waals surface area contributed by atoms with E-state index in [1.54, 1.807) is 6.92 Å². The second-order valence-corrected chi connectivity index (χ2v) is 5.74. The lowest BCUT2D eigenvalue weighted by Crippen LogP contribution is -2.27. The first-order chi connectivity index (χ1) is 6.05. The maximum atomic E-state index is 11.1. The minimum Gasteiger partial charge on any atom is -0.211 e. The van der Waals surface area contributed by atoms with Gasteiger partial charge in [0.1, 0.15) is 5.21 Å². The zero-order chi connectivity index (χ0) is 9.90. The zero-order valence-corrected chi connectivity index (χ0v) is 9.42. The largest absolute Gasteiger partial charge is 0.226 e. The molecule has 0 aliphatic carbocycles. The highest BCUT2D eigenvalue weighted by Crippen LogP contribution is 2.16. The van der Waals surface area contributed by atoms with Crippen LogP contribution in [-0.4, -0.2) is 13.6 Å². The van der Waals surface area contributed by atoms with Crippen LogP contribution in [0, 0.1) is 0 Å². The molecule has 1 N–H and O–H groups in total. The Morgan fingerprint density at radius 2 is 2.38 bits per heavy atom. The molecule has 0 spiro atoms. The number of thiophene rings is 1. The first-order valence-corrected chi connectivity index (χ1v) is 6.76. The molecule has 74 valence electrons. The van der Waals surface area contributed by atoms with Crippen LogP contribution < -0.4 is 4.72 Å². The lowest BCUT2D eigenvalue weighted by Gasteiger charge is -2.10. The number of hydrogen-bond donors (Lipinski definition) is 1. The molecule has 1 atom stereocenters.